The van der Waals surface area contributed by atoms with Gasteiger partial charge in [-0.05, 0) is 13.0 Å². The zero-order valence-corrected chi connectivity index (χ0v) is 14.4. The highest BCUT2D eigenvalue weighted by Gasteiger charge is 2.15. The molecule has 128 valence electrons. The summed E-state index contributed by atoms with van der Waals surface area (Å²) in [4.78, 5) is 4.40. The minimum absolute atomic E-state index is 0.00714. The van der Waals surface area contributed by atoms with E-state index in [-0.39, 0.29) is 16.9 Å². The van der Waals surface area contributed by atoms with E-state index in [4.69, 9.17) is 4.74 Å². The second-order valence-corrected chi connectivity index (χ2v) is 6.05. The van der Waals surface area contributed by atoms with Crippen LogP contribution in [0.4, 0.5) is 13.9 Å². The zero-order valence-electron chi connectivity index (χ0n) is 13.6. The van der Waals surface area contributed by atoms with Gasteiger partial charge in [-0.3, -0.25) is 5.43 Å². The van der Waals surface area contributed by atoms with Gasteiger partial charge in [0.2, 0.25) is 5.13 Å². The molecule has 0 saturated heterocycles. The summed E-state index contributed by atoms with van der Waals surface area (Å²) in [6, 6.07) is 11.1. The highest BCUT2D eigenvalue weighted by atomic mass is 32.1. The van der Waals surface area contributed by atoms with Crippen LogP contribution < -0.4 is 10.2 Å². The van der Waals surface area contributed by atoms with Gasteiger partial charge in [-0.15, -0.1) is 11.3 Å². The van der Waals surface area contributed by atoms with Crippen LogP contribution in [-0.4, -0.2) is 18.3 Å². The highest BCUT2D eigenvalue weighted by Crippen LogP contribution is 2.26. The summed E-state index contributed by atoms with van der Waals surface area (Å²) in [6.45, 7) is 1.46. The standard InChI is InChI=1S/C18H15F2N3OS/c1-11-15(24-2)8-13(17(20)16(11)19)9-21-23-18-22-14(10-25-18)12-6-4-3-5-7-12/h3-10H,1-2H3,(H,22,23). The van der Waals surface area contributed by atoms with E-state index in [2.05, 4.69) is 15.5 Å². The maximum atomic E-state index is 14.0. The van der Waals surface area contributed by atoms with E-state index in [0.717, 1.165) is 11.3 Å². The lowest BCUT2D eigenvalue weighted by Crippen LogP contribution is -2.01. The van der Waals surface area contributed by atoms with Crippen LogP contribution in [0.25, 0.3) is 11.3 Å². The maximum Gasteiger partial charge on any atom is 0.203 e. The Morgan fingerprint density at radius 2 is 1.96 bits per heavy atom. The number of aromatic nitrogens is 1. The van der Waals surface area contributed by atoms with E-state index >= 15 is 0 Å². The van der Waals surface area contributed by atoms with E-state index in [1.807, 2.05) is 35.7 Å². The molecule has 1 aromatic heterocycles. The number of thiazole rings is 1. The van der Waals surface area contributed by atoms with Crippen LogP contribution in [0, 0.1) is 18.6 Å². The number of hydrogen-bond acceptors (Lipinski definition) is 5. The molecule has 2 aromatic carbocycles. The molecule has 1 heterocycles. The second-order valence-electron chi connectivity index (χ2n) is 5.19. The second kappa shape index (κ2) is 7.40. The monoisotopic (exact) mass is 359 g/mol. The first-order chi connectivity index (χ1) is 12.1. The molecule has 3 rings (SSSR count). The Morgan fingerprint density at radius 3 is 2.68 bits per heavy atom. The van der Waals surface area contributed by atoms with Gasteiger partial charge in [-0.2, -0.15) is 5.10 Å². The molecule has 4 nitrogen and oxygen atoms in total. The first kappa shape index (κ1) is 17.0. The number of nitrogens with zero attached hydrogens (tertiary/aromatic N) is 2. The molecule has 0 aliphatic heterocycles. The Morgan fingerprint density at radius 1 is 1.20 bits per heavy atom. The molecule has 0 radical (unpaired) electrons. The molecule has 25 heavy (non-hydrogen) atoms. The molecular weight excluding hydrogens is 344 g/mol. The van der Waals surface area contributed by atoms with Crippen molar-refractivity contribution in [3.63, 3.8) is 0 Å². The number of hydrogen-bond donors (Lipinski definition) is 1. The van der Waals surface area contributed by atoms with Gasteiger partial charge >= 0.3 is 0 Å². The molecule has 0 unspecified atom stereocenters. The number of rotatable bonds is 5. The van der Waals surface area contributed by atoms with Crippen molar-refractivity contribution in [2.75, 3.05) is 12.5 Å². The summed E-state index contributed by atoms with van der Waals surface area (Å²) >= 11 is 1.37. The highest BCUT2D eigenvalue weighted by molar-refractivity contribution is 7.14. The fourth-order valence-electron chi connectivity index (χ4n) is 2.24. The molecule has 7 heteroatoms. The largest absolute Gasteiger partial charge is 0.496 e. The fraction of sp³-hybridized carbons (Fsp3) is 0.111. The molecule has 0 saturated carbocycles. The third kappa shape index (κ3) is 3.66. The average molecular weight is 359 g/mol. The van der Waals surface area contributed by atoms with Crippen LogP contribution in [0.2, 0.25) is 0 Å². The number of hydrazone groups is 1. The van der Waals surface area contributed by atoms with Crippen molar-refractivity contribution in [3.05, 3.63) is 64.5 Å². The zero-order chi connectivity index (χ0) is 17.8. The van der Waals surface area contributed by atoms with Crippen molar-refractivity contribution < 1.29 is 13.5 Å². The summed E-state index contributed by atoms with van der Waals surface area (Å²) in [7, 11) is 1.40. The normalized spacial score (nSPS) is 11.0. The van der Waals surface area contributed by atoms with Crippen molar-refractivity contribution in [2.45, 2.75) is 6.92 Å². The lowest BCUT2D eigenvalue weighted by Gasteiger charge is -2.08. The summed E-state index contributed by atoms with van der Waals surface area (Å²) in [5.41, 5.74) is 4.65. The van der Waals surface area contributed by atoms with Gasteiger partial charge in [0.15, 0.2) is 11.6 Å². The molecule has 3 aromatic rings. The number of benzene rings is 2. The van der Waals surface area contributed by atoms with Crippen molar-refractivity contribution >= 4 is 22.7 Å². The van der Waals surface area contributed by atoms with Gasteiger partial charge in [0, 0.05) is 22.1 Å². The van der Waals surface area contributed by atoms with Crippen LogP contribution in [0.5, 0.6) is 5.75 Å². The molecule has 1 N–H and O–H groups in total. The lowest BCUT2D eigenvalue weighted by molar-refractivity contribution is 0.401. The molecule has 0 aliphatic carbocycles. The third-order valence-electron chi connectivity index (χ3n) is 3.59. The van der Waals surface area contributed by atoms with E-state index in [1.54, 1.807) is 0 Å². The predicted molar refractivity (Wildman–Crippen MR) is 96.4 cm³/mol. The molecule has 0 bridgehead atoms. The predicted octanol–water partition coefficient (Wildman–Crippen LogP) is 4.85. The van der Waals surface area contributed by atoms with Gasteiger partial charge in [-0.1, -0.05) is 30.3 Å². The lowest BCUT2D eigenvalue weighted by atomic mass is 10.1. The molecule has 0 amide bonds. The summed E-state index contributed by atoms with van der Waals surface area (Å²) in [5, 5.41) is 6.38. The van der Waals surface area contributed by atoms with Crippen LogP contribution in [0.3, 0.4) is 0 Å². The minimum Gasteiger partial charge on any atom is -0.496 e. The van der Waals surface area contributed by atoms with E-state index in [1.165, 1.54) is 37.7 Å². The van der Waals surface area contributed by atoms with E-state index < -0.39 is 11.6 Å². The first-order valence-electron chi connectivity index (χ1n) is 7.42. The third-order valence-corrected chi connectivity index (χ3v) is 4.34. The molecular formula is C18H15F2N3OS. The average Bonchev–Trinajstić information content (AvgIpc) is 3.11. The summed E-state index contributed by atoms with van der Waals surface area (Å²) < 4.78 is 32.8. The van der Waals surface area contributed by atoms with E-state index in [0.29, 0.717) is 5.13 Å². The summed E-state index contributed by atoms with van der Waals surface area (Å²) in [5.74, 6) is -1.64. The Kier molecular flexibility index (Phi) is 5.04. The summed E-state index contributed by atoms with van der Waals surface area (Å²) in [6.07, 6.45) is 1.20. The molecule has 0 fully saturated rings. The van der Waals surface area contributed by atoms with Crippen LogP contribution in [0.15, 0.2) is 46.9 Å². The van der Waals surface area contributed by atoms with Gasteiger partial charge < -0.3 is 4.74 Å². The van der Waals surface area contributed by atoms with Crippen molar-refractivity contribution in [3.8, 4) is 17.0 Å². The molecule has 0 atom stereocenters. The van der Waals surface area contributed by atoms with Crippen LogP contribution in [0.1, 0.15) is 11.1 Å². The van der Waals surface area contributed by atoms with Crippen molar-refractivity contribution in [2.24, 2.45) is 5.10 Å². The van der Waals surface area contributed by atoms with Gasteiger partial charge in [0.25, 0.3) is 0 Å². The molecule has 0 spiro atoms. The smallest absolute Gasteiger partial charge is 0.203 e. The molecule has 0 aliphatic rings. The maximum absolute atomic E-state index is 14.0. The van der Waals surface area contributed by atoms with Crippen molar-refractivity contribution in [1.29, 1.82) is 0 Å². The van der Waals surface area contributed by atoms with Gasteiger partial charge in [0.1, 0.15) is 5.75 Å². The topological polar surface area (TPSA) is 46.5 Å². The van der Waals surface area contributed by atoms with Gasteiger partial charge in [0.05, 0.1) is 19.0 Å². The SMILES string of the molecule is COc1cc(C=NNc2nc(-c3ccccc3)cs2)c(F)c(F)c1C. The van der Waals surface area contributed by atoms with E-state index in [9.17, 15) is 8.78 Å². The fourth-order valence-corrected chi connectivity index (χ4v) is 2.91. The number of halogens is 2. The quantitative estimate of drug-likeness (QED) is 0.523. The van der Waals surface area contributed by atoms with Crippen LogP contribution >= 0.6 is 11.3 Å². The first-order valence-corrected chi connectivity index (χ1v) is 8.30. The number of anilines is 1. The number of nitrogens with one attached hydrogen (secondary N) is 1. The van der Waals surface area contributed by atoms with Gasteiger partial charge in [-0.25, -0.2) is 13.8 Å². The number of methoxy groups -OCH3 is 1. The Bertz CT molecular complexity index is 910. The number of ether oxygens (including phenoxy) is 1. The Balaban J connectivity index is 1.76. The van der Waals surface area contributed by atoms with Crippen LogP contribution in [-0.2, 0) is 0 Å². The Labute approximate surface area is 147 Å². The minimum atomic E-state index is -0.965. The Hall–Kier alpha value is -2.80. The van der Waals surface area contributed by atoms with Crippen molar-refractivity contribution in [1.82, 2.24) is 4.98 Å².